The molecule has 0 unspecified atom stereocenters. The largest absolute Gasteiger partial charge is 0.381 e. The lowest BCUT2D eigenvalue weighted by Gasteiger charge is -2.35. The molecule has 0 aromatic carbocycles. The molecule has 25 heavy (non-hydrogen) atoms. The minimum atomic E-state index is 0.161. The molecule has 0 aliphatic heterocycles. The fraction of sp³-hybridized carbons (Fsp3) is 0.750. The number of rotatable bonds is 7. The van der Waals surface area contributed by atoms with Crippen LogP contribution in [0.2, 0.25) is 0 Å². The number of carbonyl (C=O) groups excluding carboxylic acids is 1. The van der Waals surface area contributed by atoms with E-state index in [1.165, 1.54) is 24.1 Å². The van der Waals surface area contributed by atoms with E-state index >= 15 is 0 Å². The van der Waals surface area contributed by atoms with Crippen LogP contribution in [0.3, 0.4) is 0 Å². The molecule has 4 nitrogen and oxygen atoms in total. The van der Waals surface area contributed by atoms with Gasteiger partial charge in [-0.25, -0.2) is 0 Å². The van der Waals surface area contributed by atoms with Crippen LogP contribution in [0.15, 0.2) is 17.5 Å². The van der Waals surface area contributed by atoms with Gasteiger partial charge >= 0.3 is 0 Å². The summed E-state index contributed by atoms with van der Waals surface area (Å²) in [6.07, 6.45) is 10.7. The Morgan fingerprint density at radius 1 is 1.12 bits per heavy atom. The van der Waals surface area contributed by atoms with E-state index in [2.05, 4.69) is 22.4 Å². The van der Waals surface area contributed by atoms with Crippen molar-refractivity contribution in [3.05, 3.63) is 22.4 Å². The lowest BCUT2D eigenvalue weighted by Crippen LogP contribution is -2.43. The molecular formula is C20H31NO3S. The van der Waals surface area contributed by atoms with Crippen molar-refractivity contribution in [3.63, 3.8) is 0 Å². The molecule has 3 rings (SSSR count). The van der Waals surface area contributed by atoms with E-state index in [9.17, 15) is 4.79 Å². The third-order valence-electron chi connectivity index (χ3n) is 5.64. The smallest absolute Gasteiger partial charge is 0.249 e. The minimum absolute atomic E-state index is 0.161. The first-order chi connectivity index (χ1) is 12.3. The van der Waals surface area contributed by atoms with Crippen molar-refractivity contribution in [2.24, 2.45) is 0 Å². The van der Waals surface area contributed by atoms with Crippen molar-refractivity contribution in [1.82, 2.24) is 4.90 Å². The summed E-state index contributed by atoms with van der Waals surface area (Å²) in [5.74, 6) is 0.161. The van der Waals surface area contributed by atoms with Crippen molar-refractivity contribution in [2.45, 2.75) is 82.6 Å². The first-order valence-electron chi connectivity index (χ1n) is 9.72. The predicted molar refractivity (Wildman–Crippen MR) is 101 cm³/mol. The summed E-state index contributed by atoms with van der Waals surface area (Å²) in [5.41, 5.74) is 0. The standard InChI is InChI=1S/C20H31NO3S/c1-23-17-9-11-18(12-10-17)24-15-20(22)21(14-19-8-5-13-25-19)16-6-3-2-4-7-16/h5,8,13,16-18H,2-4,6-7,9-12,14-15H2,1H3. The SMILES string of the molecule is COC1CCC(OCC(=O)N(Cc2cccs2)C2CCCCC2)CC1. The van der Waals surface area contributed by atoms with Crippen LogP contribution in [-0.2, 0) is 20.8 Å². The molecule has 1 aromatic heterocycles. The molecular weight excluding hydrogens is 334 g/mol. The lowest BCUT2D eigenvalue weighted by atomic mass is 9.94. The van der Waals surface area contributed by atoms with Gasteiger partial charge in [0.2, 0.25) is 5.91 Å². The molecule has 2 fully saturated rings. The number of ether oxygens (including phenoxy) is 2. The molecule has 140 valence electrons. The number of carbonyl (C=O) groups is 1. The molecule has 0 saturated heterocycles. The fourth-order valence-corrected chi connectivity index (χ4v) is 4.79. The van der Waals surface area contributed by atoms with Crippen LogP contribution in [0.25, 0.3) is 0 Å². The number of thiophene rings is 1. The Labute approximate surface area is 155 Å². The molecule has 1 heterocycles. The molecule has 2 saturated carbocycles. The van der Waals surface area contributed by atoms with Gasteiger partial charge in [0.05, 0.1) is 18.8 Å². The predicted octanol–water partition coefficient (Wildman–Crippen LogP) is 4.38. The molecule has 1 aromatic rings. The van der Waals surface area contributed by atoms with Crippen LogP contribution in [-0.4, -0.2) is 42.8 Å². The average molecular weight is 366 g/mol. The molecule has 0 atom stereocenters. The van der Waals surface area contributed by atoms with Gasteiger partial charge in [-0.05, 0) is 50.0 Å². The van der Waals surface area contributed by atoms with Crippen LogP contribution in [0.1, 0.15) is 62.7 Å². The van der Waals surface area contributed by atoms with Gasteiger partial charge in [0.25, 0.3) is 0 Å². The second kappa shape index (κ2) is 9.70. The summed E-state index contributed by atoms with van der Waals surface area (Å²) in [6.45, 7) is 0.963. The topological polar surface area (TPSA) is 38.8 Å². The Morgan fingerprint density at radius 3 is 2.48 bits per heavy atom. The van der Waals surface area contributed by atoms with Gasteiger partial charge in [-0.3, -0.25) is 4.79 Å². The summed E-state index contributed by atoms with van der Waals surface area (Å²) in [7, 11) is 1.78. The highest BCUT2D eigenvalue weighted by atomic mass is 32.1. The summed E-state index contributed by atoms with van der Waals surface area (Å²) < 4.78 is 11.4. The van der Waals surface area contributed by atoms with E-state index in [-0.39, 0.29) is 18.6 Å². The highest BCUT2D eigenvalue weighted by molar-refractivity contribution is 7.09. The normalized spacial score (nSPS) is 25.0. The molecule has 2 aliphatic carbocycles. The van der Waals surface area contributed by atoms with E-state index in [1.54, 1.807) is 18.4 Å². The Bertz CT molecular complexity index is 505. The maximum atomic E-state index is 12.9. The maximum Gasteiger partial charge on any atom is 0.249 e. The molecule has 0 radical (unpaired) electrons. The van der Waals surface area contributed by atoms with Crippen molar-refractivity contribution in [1.29, 1.82) is 0 Å². The second-order valence-corrected chi connectivity index (χ2v) is 8.37. The zero-order valence-electron chi connectivity index (χ0n) is 15.3. The minimum Gasteiger partial charge on any atom is -0.381 e. The van der Waals surface area contributed by atoms with Crippen LogP contribution < -0.4 is 0 Å². The van der Waals surface area contributed by atoms with Crippen LogP contribution in [0.5, 0.6) is 0 Å². The lowest BCUT2D eigenvalue weighted by molar-refractivity contribution is -0.143. The molecule has 5 heteroatoms. The first-order valence-corrected chi connectivity index (χ1v) is 10.6. The van der Waals surface area contributed by atoms with Gasteiger partial charge in [0.1, 0.15) is 6.61 Å². The summed E-state index contributed by atoms with van der Waals surface area (Å²) in [4.78, 5) is 16.3. The van der Waals surface area contributed by atoms with Crippen molar-refractivity contribution >= 4 is 17.2 Å². The highest BCUT2D eigenvalue weighted by Crippen LogP contribution is 2.26. The Morgan fingerprint density at radius 2 is 1.84 bits per heavy atom. The monoisotopic (exact) mass is 365 g/mol. The molecule has 0 bridgehead atoms. The van der Waals surface area contributed by atoms with E-state index in [0.29, 0.717) is 12.1 Å². The Kier molecular flexibility index (Phi) is 7.32. The second-order valence-electron chi connectivity index (χ2n) is 7.34. The zero-order chi connectivity index (χ0) is 17.5. The number of hydrogen-bond acceptors (Lipinski definition) is 4. The third-order valence-corrected chi connectivity index (χ3v) is 6.50. The van der Waals surface area contributed by atoms with Crippen molar-refractivity contribution < 1.29 is 14.3 Å². The molecule has 1 amide bonds. The molecule has 2 aliphatic rings. The summed E-state index contributed by atoms with van der Waals surface area (Å²) in [6, 6.07) is 4.57. The molecule has 0 spiro atoms. The van der Waals surface area contributed by atoms with Gasteiger partial charge in [-0.1, -0.05) is 25.3 Å². The van der Waals surface area contributed by atoms with Crippen LogP contribution in [0, 0.1) is 0 Å². The number of nitrogens with zero attached hydrogens (tertiary/aromatic N) is 1. The quantitative estimate of drug-likeness (QED) is 0.719. The van der Waals surface area contributed by atoms with E-state index < -0.39 is 0 Å². The van der Waals surface area contributed by atoms with Crippen molar-refractivity contribution in [3.8, 4) is 0 Å². The summed E-state index contributed by atoms with van der Waals surface area (Å²) >= 11 is 1.73. The van der Waals surface area contributed by atoms with Gasteiger partial charge in [-0.15, -0.1) is 11.3 Å². The average Bonchev–Trinajstić information content (AvgIpc) is 3.18. The van der Waals surface area contributed by atoms with Gasteiger partial charge < -0.3 is 14.4 Å². The van der Waals surface area contributed by atoms with Crippen LogP contribution in [0.4, 0.5) is 0 Å². The fourth-order valence-electron chi connectivity index (χ4n) is 4.09. The third kappa shape index (κ3) is 5.53. The van der Waals surface area contributed by atoms with E-state index in [4.69, 9.17) is 9.47 Å². The Hall–Kier alpha value is -0.910. The zero-order valence-corrected chi connectivity index (χ0v) is 16.1. The maximum absolute atomic E-state index is 12.9. The van der Waals surface area contributed by atoms with Gasteiger partial charge in [0.15, 0.2) is 0 Å². The van der Waals surface area contributed by atoms with Gasteiger partial charge in [-0.2, -0.15) is 0 Å². The summed E-state index contributed by atoms with van der Waals surface area (Å²) in [5, 5.41) is 2.09. The number of amides is 1. The number of methoxy groups -OCH3 is 1. The first kappa shape index (κ1) is 18.9. The molecule has 0 N–H and O–H groups in total. The number of hydrogen-bond donors (Lipinski definition) is 0. The van der Waals surface area contributed by atoms with E-state index in [1.807, 2.05) is 0 Å². The van der Waals surface area contributed by atoms with E-state index in [0.717, 1.165) is 45.1 Å². The highest BCUT2D eigenvalue weighted by Gasteiger charge is 2.27. The van der Waals surface area contributed by atoms with Crippen molar-refractivity contribution in [2.75, 3.05) is 13.7 Å². The Balaban J connectivity index is 1.53. The van der Waals surface area contributed by atoms with Crippen LogP contribution >= 0.6 is 11.3 Å². The van der Waals surface area contributed by atoms with Gasteiger partial charge in [0, 0.05) is 18.0 Å².